The van der Waals surface area contributed by atoms with Crippen LogP contribution < -0.4 is 5.32 Å². The number of likely N-dealkylation sites (N-methyl/N-ethyl adjacent to an activating group) is 1. The molecular formula is C14H19N5O2. The minimum Gasteiger partial charge on any atom is -0.358 e. The molecule has 1 unspecified atom stereocenters. The van der Waals surface area contributed by atoms with Gasteiger partial charge in [-0.1, -0.05) is 6.07 Å². The van der Waals surface area contributed by atoms with Gasteiger partial charge in [0.05, 0.1) is 6.20 Å². The van der Waals surface area contributed by atoms with Gasteiger partial charge >= 0.3 is 5.82 Å². The molecule has 2 aromatic heterocycles. The molecule has 0 radical (unpaired) electrons. The minimum absolute atomic E-state index is 0.0665. The Morgan fingerprint density at radius 3 is 3.14 bits per heavy atom. The fraction of sp³-hybridized carbons (Fsp3) is 0.500. The van der Waals surface area contributed by atoms with E-state index in [2.05, 4.69) is 15.2 Å². The predicted octanol–water partition coefficient (Wildman–Crippen LogP) is 1.43. The molecule has 1 fully saturated rings. The number of nitrogens with one attached hydrogen (secondary N) is 1. The predicted molar refractivity (Wildman–Crippen MR) is 79.2 cm³/mol. The Morgan fingerprint density at radius 2 is 2.43 bits per heavy atom. The van der Waals surface area contributed by atoms with Gasteiger partial charge in [-0.2, -0.15) is 4.40 Å². The third kappa shape index (κ3) is 2.88. The molecule has 1 atom stereocenters. The van der Waals surface area contributed by atoms with E-state index in [4.69, 9.17) is 0 Å². The van der Waals surface area contributed by atoms with Gasteiger partial charge in [0, 0.05) is 25.2 Å². The Kier molecular flexibility index (Phi) is 3.85. The lowest BCUT2D eigenvalue weighted by Crippen LogP contribution is -2.35. The summed E-state index contributed by atoms with van der Waals surface area (Å²) in [6, 6.07) is 5.88. The molecule has 1 aliphatic heterocycles. The van der Waals surface area contributed by atoms with Crippen molar-refractivity contribution in [3.63, 3.8) is 0 Å². The lowest BCUT2D eigenvalue weighted by molar-refractivity contribution is -0.391. The third-order valence-electron chi connectivity index (χ3n) is 3.86. The summed E-state index contributed by atoms with van der Waals surface area (Å²) in [7, 11) is 1.98. The second-order valence-electron chi connectivity index (χ2n) is 5.56. The van der Waals surface area contributed by atoms with Gasteiger partial charge in [0.15, 0.2) is 5.69 Å². The number of hydrogen-bond acceptors (Lipinski definition) is 5. The number of nitro groups is 1. The van der Waals surface area contributed by atoms with Crippen LogP contribution in [0.5, 0.6) is 0 Å². The van der Waals surface area contributed by atoms with Gasteiger partial charge in [0.1, 0.15) is 0 Å². The number of pyridine rings is 1. The zero-order valence-corrected chi connectivity index (χ0v) is 12.0. The molecular weight excluding hydrogens is 270 g/mol. The summed E-state index contributed by atoms with van der Waals surface area (Å²) in [6.45, 7) is 2.42. The van der Waals surface area contributed by atoms with Crippen molar-refractivity contribution in [2.45, 2.75) is 25.4 Å². The lowest BCUT2D eigenvalue weighted by atomic mass is 10.2. The van der Waals surface area contributed by atoms with Crippen LogP contribution in [0.15, 0.2) is 24.4 Å². The first-order valence-electron chi connectivity index (χ1n) is 7.17. The first-order valence-corrected chi connectivity index (χ1v) is 7.17. The van der Waals surface area contributed by atoms with Gasteiger partial charge in [0.2, 0.25) is 5.65 Å². The molecule has 0 saturated carbocycles. The van der Waals surface area contributed by atoms with Crippen LogP contribution in [0.25, 0.3) is 5.65 Å². The van der Waals surface area contributed by atoms with E-state index in [1.807, 2.05) is 13.1 Å². The van der Waals surface area contributed by atoms with Crippen LogP contribution in [0.1, 0.15) is 18.5 Å². The third-order valence-corrected chi connectivity index (χ3v) is 3.86. The number of rotatable bonds is 5. The Morgan fingerprint density at radius 1 is 1.57 bits per heavy atom. The van der Waals surface area contributed by atoms with Crippen LogP contribution >= 0.6 is 0 Å². The van der Waals surface area contributed by atoms with Gasteiger partial charge < -0.3 is 15.4 Å². The highest BCUT2D eigenvalue weighted by Crippen LogP contribution is 2.22. The van der Waals surface area contributed by atoms with Crippen LogP contribution in [0.3, 0.4) is 0 Å². The second-order valence-corrected chi connectivity index (χ2v) is 5.56. The van der Waals surface area contributed by atoms with Crippen molar-refractivity contribution >= 4 is 11.5 Å². The summed E-state index contributed by atoms with van der Waals surface area (Å²) in [6.07, 6.45) is 4.05. The average molecular weight is 289 g/mol. The summed E-state index contributed by atoms with van der Waals surface area (Å²) in [5.74, 6) is 0.0665. The standard InChI is InChI=1S/C14H19N5O2/c1-17(9-11-5-4-7-15-11)10-12-14(19(20)21)18-8-3-2-6-13(18)16-12/h2-3,6,8,11,15H,4-5,7,9-10H2,1H3. The van der Waals surface area contributed by atoms with Crippen LogP contribution in [0.2, 0.25) is 0 Å². The summed E-state index contributed by atoms with van der Waals surface area (Å²) in [5.41, 5.74) is 1.14. The van der Waals surface area contributed by atoms with E-state index in [1.54, 1.807) is 18.3 Å². The highest BCUT2D eigenvalue weighted by molar-refractivity contribution is 5.48. The maximum absolute atomic E-state index is 11.3. The molecule has 0 amide bonds. The van der Waals surface area contributed by atoms with E-state index in [1.165, 1.54) is 10.8 Å². The fourth-order valence-electron chi connectivity index (χ4n) is 2.94. The van der Waals surface area contributed by atoms with Crippen LogP contribution in [-0.2, 0) is 6.54 Å². The zero-order valence-electron chi connectivity index (χ0n) is 12.0. The molecule has 7 nitrogen and oxygen atoms in total. The first kappa shape index (κ1) is 14.0. The van der Waals surface area contributed by atoms with Gasteiger partial charge in [-0.25, -0.2) is 4.98 Å². The van der Waals surface area contributed by atoms with E-state index < -0.39 is 0 Å². The SMILES string of the molecule is CN(Cc1nc2ccccn2c1[N+](=O)[O-])CC1CCCN1. The van der Waals surface area contributed by atoms with E-state index in [0.717, 1.165) is 19.5 Å². The fourth-order valence-corrected chi connectivity index (χ4v) is 2.94. The van der Waals surface area contributed by atoms with Crippen LogP contribution in [-0.4, -0.2) is 45.4 Å². The Hall–Kier alpha value is -1.99. The van der Waals surface area contributed by atoms with Crippen molar-refractivity contribution < 1.29 is 4.92 Å². The highest BCUT2D eigenvalue weighted by atomic mass is 16.6. The molecule has 1 N–H and O–H groups in total. The van der Waals surface area contributed by atoms with Crippen molar-refractivity contribution in [1.29, 1.82) is 0 Å². The molecule has 1 aliphatic rings. The first-order chi connectivity index (χ1) is 10.1. The number of nitrogens with zero attached hydrogens (tertiary/aromatic N) is 4. The van der Waals surface area contributed by atoms with Crippen LogP contribution in [0, 0.1) is 10.1 Å². The molecule has 0 spiro atoms. The summed E-state index contributed by atoms with van der Waals surface area (Å²) in [5, 5.41) is 14.8. The summed E-state index contributed by atoms with van der Waals surface area (Å²) >= 11 is 0. The van der Waals surface area contributed by atoms with Crippen molar-refractivity contribution in [2.24, 2.45) is 0 Å². The molecule has 1 saturated heterocycles. The van der Waals surface area contributed by atoms with Gasteiger partial charge in [-0.3, -0.25) is 4.90 Å². The smallest absolute Gasteiger partial charge is 0.352 e. The molecule has 3 heterocycles. The maximum atomic E-state index is 11.3. The molecule has 0 bridgehead atoms. The molecule has 3 rings (SSSR count). The second kappa shape index (κ2) is 5.79. The van der Waals surface area contributed by atoms with Crippen molar-refractivity contribution in [1.82, 2.24) is 19.6 Å². The molecule has 21 heavy (non-hydrogen) atoms. The van der Waals surface area contributed by atoms with E-state index in [-0.39, 0.29) is 10.7 Å². The zero-order chi connectivity index (χ0) is 14.8. The summed E-state index contributed by atoms with van der Waals surface area (Å²) in [4.78, 5) is 17.5. The summed E-state index contributed by atoms with van der Waals surface area (Å²) < 4.78 is 1.54. The van der Waals surface area contributed by atoms with Gasteiger partial charge in [-0.15, -0.1) is 0 Å². The van der Waals surface area contributed by atoms with Crippen LogP contribution in [0.4, 0.5) is 5.82 Å². The molecule has 0 aliphatic carbocycles. The number of hydrogen-bond donors (Lipinski definition) is 1. The topological polar surface area (TPSA) is 75.7 Å². The highest BCUT2D eigenvalue weighted by Gasteiger charge is 2.24. The number of imidazole rings is 1. The lowest BCUT2D eigenvalue weighted by Gasteiger charge is -2.19. The molecule has 0 aromatic carbocycles. The van der Waals surface area contributed by atoms with E-state index in [0.29, 0.717) is 23.9 Å². The Balaban J connectivity index is 1.82. The minimum atomic E-state index is -0.350. The average Bonchev–Trinajstić information content (AvgIpc) is 3.04. The normalized spacial score (nSPS) is 18.7. The van der Waals surface area contributed by atoms with Crippen molar-refractivity contribution in [3.8, 4) is 0 Å². The van der Waals surface area contributed by atoms with Crippen molar-refractivity contribution in [2.75, 3.05) is 20.1 Å². The number of aromatic nitrogens is 2. The van der Waals surface area contributed by atoms with Crippen molar-refractivity contribution in [3.05, 3.63) is 40.2 Å². The van der Waals surface area contributed by atoms with Gasteiger partial charge in [-0.05, 0) is 37.4 Å². The molecule has 2 aromatic rings. The van der Waals surface area contributed by atoms with E-state index >= 15 is 0 Å². The molecule has 7 heteroatoms. The number of fused-ring (bicyclic) bond motifs is 1. The Bertz CT molecular complexity index is 648. The monoisotopic (exact) mass is 289 g/mol. The quantitative estimate of drug-likeness (QED) is 0.665. The largest absolute Gasteiger partial charge is 0.358 e. The van der Waals surface area contributed by atoms with Gasteiger partial charge in [0.25, 0.3) is 0 Å². The van der Waals surface area contributed by atoms with E-state index in [9.17, 15) is 10.1 Å². The molecule has 112 valence electrons. The Labute approximate surface area is 122 Å². The maximum Gasteiger partial charge on any atom is 0.352 e.